The summed E-state index contributed by atoms with van der Waals surface area (Å²) in [6.07, 6.45) is 7.82. The maximum absolute atomic E-state index is 11.7. The van der Waals surface area contributed by atoms with Gasteiger partial charge in [0.05, 0.1) is 6.26 Å². The van der Waals surface area contributed by atoms with Crippen LogP contribution in [0.3, 0.4) is 0 Å². The summed E-state index contributed by atoms with van der Waals surface area (Å²) in [5.41, 5.74) is 6.72. The molecule has 19 heavy (non-hydrogen) atoms. The molecule has 2 unspecified atom stereocenters. The molecule has 112 valence electrons. The molecule has 2 aliphatic rings. The Balaban J connectivity index is 2.04. The van der Waals surface area contributed by atoms with Crippen molar-refractivity contribution in [2.45, 2.75) is 57.9 Å². The highest BCUT2D eigenvalue weighted by Crippen LogP contribution is 2.48. The van der Waals surface area contributed by atoms with E-state index in [4.69, 9.17) is 5.73 Å². The monoisotopic (exact) mass is 288 g/mol. The molecule has 1 saturated carbocycles. The molecule has 1 saturated heterocycles. The minimum atomic E-state index is -3.05. The lowest BCUT2D eigenvalue weighted by Crippen LogP contribution is -2.52. The number of hydrogen-bond acceptors (Lipinski definition) is 3. The summed E-state index contributed by atoms with van der Waals surface area (Å²) in [5.74, 6) is 0.422. The van der Waals surface area contributed by atoms with Gasteiger partial charge in [0.15, 0.2) is 0 Å². The smallest absolute Gasteiger partial charge is 0.211 e. The van der Waals surface area contributed by atoms with Gasteiger partial charge in [-0.2, -0.15) is 0 Å². The molecule has 2 rings (SSSR count). The molecule has 1 heterocycles. The molecule has 2 atom stereocenters. The Morgan fingerprint density at radius 3 is 2.47 bits per heavy atom. The Kier molecular flexibility index (Phi) is 4.02. The summed E-state index contributed by atoms with van der Waals surface area (Å²) in [5, 5.41) is 0. The van der Waals surface area contributed by atoms with Crippen LogP contribution in [0.2, 0.25) is 0 Å². The van der Waals surface area contributed by atoms with Gasteiger partial charge >= 0.3 is 0 Å². The van der Waals surface area contributed by atoms with Crippen LogP contribution < -0.4 is 5.73 Å². The van der Waals surface area contributed by atoms with Crippen molar-refractivity contribution in [1.29, 1.82) is 0 Å². The third-order valence-electron chi connectivity index (χ3n) is 5.38. The minimum Gasteiger partial charge on any atom is -0.325 e. The van der Waals surface area contributed by atoms with Crippen LogP contribution in [0.25, 0.3) is 0 Å². The van der Waals surface area contributed by atoms with Crippen molar-refractivity contribution in [2.75, 3.05) is 19.3 Å². The van der Waals surface area contributed by atoms with Crippen molar-refractivity contribution >= 4 is 10.0 Å². The van der Waals surface area contributed by atoms with Gasteiger partial charge in [0, 0.05) is 18.6 Å². The number of nitrogens with zero attached hydrogens (tertiary/aromatic N) is 1. The van der Waals surface area contributed by atoms with E-state index < -0.39 is 10.0 Å². The van der Waals surface area contributed by atoms with Crippen LogP contribution >= 0.6 is 0 Å². The van der Waals surface area contributed by atoms with Crippen LogP contribution in [0.1, 0.15) is 52.4 Å². The molecule has 4 nitrogen and oxygen atoms in total. The maximum atomic E-state index is 11.7. The van der Waals surface area contributed by atoms with Crippen molar-refractivity contribution in [3.63, 3.8) is 0 Å². The van der Waals surface area contributed by atoms with Crippen molar-refractivity contribution in [3.8, 4) is 0 Å². The molecular formula is C14H28N2O2S. The Morgan fingerprint density at radius 2 is 1.95 bits per heavy atom. The van der Waals surface area contributed by atoms with Crippen LogP contribution in [0.4, 0.5) is 0 Å². The van der Waals surface area contributed by atoms with Gasteiger partial charge in [-0.25, -0.2) is 12.7 Å². The van der Waals surface area contributed by atoms with Crippen molar-refractivity contribution in [3.05, 3.63) is 0 Å². The largest absolute Gasteiger partial charge is 0.325 e. The molecule has 0 spiro atoms. The number of sulfonamides is 1. The number of hydrogen-bond donors (Lipinski definition) is 1. The van der Waals surface area contributed by atoms with Crippen molar-refractivity contribution in [1.82, 2.24) is 4.31 Å². The second-order valence-electron chi connectivity index (χ2n) is 7.23. The van der Waals surface area contributed by atoms with Crippen LogP contribution in [-0.2, 0) is 10.0 Å². The average Bonchev–Trinajstić information content (AvgIpc) is 2.52. The fourth-order valence-electron chi connectivity index (χ4n) is 3.82. The van der Waals surface area contributed by atoms with Gasteiger partial charge in [0.2, 0.25) is 10.0 Å². The van der Waals surface area contributed by atoms with E-state index in [1.165, 1.54) is 19.1 Å². The minimum absolute atomic E-state index is 0.113. The predicted octanol–water partition coefficient (Wildman–Crippen LogP) is 1.96. The van der Waals surface area contributed by atoms with Crippen LogP contribution in [-0.4, -0.2) is 37.6 Å². The van der Waals surface area contributed by atoms with Gasteiger partial charge < -0.3 is 5.73 Å². The second-order valence-corrected chi connectivity index (χ2v) is 9.21. The lowest BCUT2D eigenvalue weighted by Gasteiger charge is -2.42. The van der Waals surface area contributed by atoms with Crippen molar-refractivity contribution in [2.24, 2.45) is 17.1 Å². The number of nitrogens with two attached hydrogens (primary N) is 1. The molecule has 0 aromatic rings. The van der Waals surface area contributed by atoms with Gasteiger partial charge in [-0.15, -0.1) is 0 Å². The van der Waals surface area contributed by atoms with Crippen LogP contribution in [0.15, 0.2) is 0 Å². The normalized spacial score (nSPS) is 36.5. The summed E-state index contributed by atoms with van der Waals surface area (Å²) < 4.78 is 25.0. The third-order valence-corrected chi connectivity index (χ3v) is 6.65. The van der Waals surface area contributed by atoms with Crippen molar-refractivity contribution < 1.29 is 8.42 Å². The van der Waals surface area contributed by atoms with E-state index in [9.17, 15) is 8.42 Å². The van der Waals surface area contributed by atoms with E-state index in [0.717, 1.165) is 25.7 Å². The molecule has 0 bridgehead atoms. The van der Waals surface area contributed by atoms with Gasteiger partial charge in [-0.3, -0.25) is 0 Å². The highest BCUT2D eigenvalue weighted by Gasteiger charge is 2.47. The van der Waals surface area contributed by atoms with E-state index in [-0.39, 0.29) is 11.0 Å². The summed E-state index contributed by atoms with van der Waals surface area (Å²) in [6.45, 7) is 5.86. The zero-order valence-corrected chi connectivity index (χ0v) is 13.3. The quantitative estimate of drug-likeness (QED) is 0.863. The Bertz CT molecular complexity index is 433. The highest BCUT2D eigenvalue weighted by atomic mass is 32.2. The molecule has 1 aliphatic heterocycles. The van der Waals surface area contributed by atoms with Gasteiger partial charge in [-0.1, -0.05) is 20.3 Å². The van der Waals surface area contributed by atoms with E-state index >= 15 is 0 Å². The molecule has 1 aliphatic carbocycles. The summed E-state index contributed by atoms with van der Waals surface area (Å²) in [4.78, 5) is 0. The molecule has 5 heteroatoms. The molecule has 0 aromatic heterocycles. The van der Waals surface area contributed by atoms with Gasteiger partial charge in [0.1, 0.15) is 0 Å². The first-order valence-electron chi connectivity index (χ1n) is 7.38. The molecule has 2 N–H and O–H groups in total. The molecule has 0 radical (unpaired) electrons. The van der Waals surface area contributed by atoms with Gasteiger partial charge in [-0.05, 0) is 43.4 Å². The standard InChI is InChI=1S/C14H28N2O2S/c1-13(2)7-5-8-14(13,15)10-12-6-4-9-16(11-12)19(3,17)18/h12H,4-11,15H2,1-3H3. The summed E-state index contributed by atoms with van der Waals surface area (Å²) in [6, 6.07) is 0. The third kappa shape index (κ3) is 3.14. The Hall–Kier alpha value is -0.130. The Labute approximate surface area is 117 Å². The van der Waals surface area contributed by atoms with E-state index in [1.54, 1.807) is 4.31 Å². The highest BCUT2D eigenvalue weighted by molar-refractivity contribution is 7.88. The maximum Gasteiger partial charge on any atom is 0.211 e. The van der Waals surface area contributed by atoms with Crippen LogP contribution in [0.5, 0.6) is 0 Å². The fourth-order valence-corrected chi connectivity index (χ4v) is 4.76. The summed E-state index contributed by atoms with van der Waals surface area (Å²) >= 11 is 0. The van der Waals surface area contributed by atoms with E-state index in [2.05, 4.69) is 13.8 Å². The van der Waals surface area contributed by atoms with Gasteiger partial charge in [0.25, 0.3) is 0 Å². The lowest BCUT2D eigenvalue weighted by atomic mass is 9.70. The Morgan fingerprint density at radius 1 is 1.26 bits per heavy atom. The first-order valence-corrected chi connectivity index (χ1v) is 9.23. The summed E-state index contributed by atoms with van der Waals surface area (Å²) in [7, 11) is -3.05. The van der Waals surface area contributed by atoms with E-state index in [0.29, 0.717) is 19.0 Å². The molecular weight excluding hydrogens is 260 g/mol. The second kappa shape index (κ2) is 5.01. The lowest BCUT2D eigenvalue weighted by molar-refractivity contribution is 0.139. The zero-order valence-electron chi connectivity index (χ0n) is 12.5. The molecule has 0 amide bonds. The van der Waals surface area contributed by atoms with Crippen LogP contribution in [0, 0.1) is 11.3 Å². The first-order chi connectivity index (χ1) is 8.64. The molecule has 0 aromatic carbocycles. The predicted molar refractivity (Wildman–Crippen MR) is 78.3 cm³/mol. The number of piperidine rings is 1. The molecule has 2 fully saturated rings. The van der Waals surface area contributed by atoms with E-state index in [1.807, 2.05) is 0 Å². The topological polar surface area (TPSA) is 63.4 Å². The zero-order chi connectivity index (χ0) is 14.3. The first kappa shape index (κ1) is 15.3. The number of rotatable bonds is 3. The SMILES string of the molecule is CC1(C)CCCC1(N)CC1CCCN(S(C)(=O)=O)C1. The average molecular weight is 288 g/mol. The fraction of sp³-hybridized carbons (Fsp3) is 1.00.